The molecule has 0 bridgehead atoms. The van der Waals surface area contributed by atoms with Gasteiger partial charge >= 0.3 is 0 Å². The lowest BCUT2D eigenvalue weighted by Gasteiger charge is -2.33. The first-order valence-corrected chi connectivity index (χ1v) is 11.5. The monoisotopic (exact) mass is 476 g/mol. The summed E-state index contributed by atoms with van der Waals surface area (Å²) in [5, 5.41) is 5.02. The third-order valence-corrected chi connectivity index (χ3v) is 7.74. The number of halogens is 2. The molecule has 1 aliphatic heterocycles. The SMILES string of the molecule is CC1=Nc2ccnn2C(c2ccc(Cl)c(Cl)c2)C1C(=O)N(C)S(=O)(=O)c1ccccc1. The quantitative estimate of drug-likeness (QED) is 0.560. The average molecular weight is 477 g/mol. The molecule has 1 aromatic heterocycles. The Kier molecular flexibility index (Phi) is 5.63. The van der Waals surface area contributed by atoms with Crippen LogP contribution >= 0.6 is 23.2 Å². The van der Waals surface area contributed by atoms with Crippen LogP contribution in [-0.2, 0) is 14.8 Å². The van der Waals surface area contributed by atoms with E-state index in [1.165, 1.54) is 19.2 Å². The Morgan fingerprint density at radius 2 is 1.77 bits per heavy atom. The molecule has 0 saturated carbocycles. The van der Waals surface area contributed by atoms with Crippen molar-refractivity contribution in [3.63, 3.8) is 0 Å². The van der Waals surface area contributed by atoms with Crippen LogP contribution < -0.4 is 0 Å². The molecule has 2 atom stereocenters. The zero-order valence-corrected chi connectivity index (χ0v) is 18.9. The Morgan fingerprint density at radius 1 is 1.06 bits per heavy atom. The van der Waals surface area contributed by atoms with Crippen molar-refractivity contribution in [1.29, 1.82) is 0 Å². The van der Waals surface area contributed by atoms with E-state index in [1.54, 1.807) is 60.3 Å². The van der Waals surface area contributed by atoms with Crippen molar-refractivity contribution in [2.24, 2.45) is 10.9 Å². The second-order valence-corrected chi connectivity index (χ2v) is 9.89. The maximum absolute atomic E-state index is 13.6. The highest BCUT2D eigenvalue weighted by atomic mass is 35.5. The molecule has 2 unspecified atom stereocenters. The van der Waals surface area contributed by atoms with Crippen molar-refractivity contribution in [2.75, 3.05) is 7.05 Å². The number of hydrogen-bond donors (Lipinski definition) is 0. The zero-order chi connectivity index (χ0) is 22.3. The fraction of sp³-hybridized carbons (Fsp3) is 0.190. The zero-order valence-electron chi connectivity index (χ0n) is 16.6. The van der Waals surface area contributed by atoms with E-state index in [9.17, 15) is 13.2 Å². The van der Waals surface area contributed by atoms with E-state index in [2.05, 4.69) is 10.1 Å². The number of rotatable bonds is 4. The average Bonchev–Trinajstić information content (AvgIpc) is 3.22. The van der Waals surface area contributed by atoms with Crippen molar-refractivity contribution in [3.05, 3.63) is 76.4 Å². The van der Waals surface area contributed by atoms with E-state index >= 15 is 0 Å². The summed E-state index contributed by atoms with van der Waals surface area (Å²) in [7, 11) is -2.79. The highest BCUT2D eigenvalue weighted by Crippen LogP contribution is 2.39. The van der Waals surface area contributed by atoms with Crippen LogP contribution in [0.1, 0.15) is 18.5 Å². The van der Waals surface area contributed by atoms with Crippen LogP contribution in [0.2, 0.25) is 10.0 Å². The molecule has 1 aliphatic rings. The van der Waals surface area contributed by atoms with Gasteiger partial charge in [-0.25, -0.2) is 22.4 Å². The van der Waals surface area contributed by atoms with Crippen LogP contribution in [0.25, 0.3) is 0 Å². The molecule has 0 radical (unpaired) electrons. The van der Waals surface area contributed by atoms with Gasteiger partial charge in [-0.3, -0.25) is 4.79 Å². The molecular formula is C21H18Cl2N4O3S. The molecule has 0 aliphatic carbocycles. The lowest BCUT2D eigenvalue weighted by molar-refractivity contribution is -0.128. The number of nitrogens with zero attached hydrogens (tertiary/aromatic N) is 4. The smallest absolute Gasteiger partial charge is 0.266 e. The largest absolute Gasteiger partial charge is 0.273 e. The molecule has 3 aromatic rings. The molecule has 0 fully saturated rings. The minimum atomic E-state index is -4.04. The van der Waals surface area contributed by atoms with Crippen LogP contribution in [0.15, 0.2) is 70.7 Å². The minimum absolute atomic E-state index is 0.0297. The Balaban J connectivity index is 1.81. The third-order valence-electron chi connectivity index (χ3n) is 5.23. The van der Waals surface area contributed by atoms with E-state index in [1.807, 2.05) is 0 Å². The lowest BCUT2D eigenvalue weighted by Crippen LogP contribution is -2.45. The van der Waals surface area contributed by atoms with Crippen molar-refractivity contribution >= 4 is 50.7 Å². The van der Waals surface area contributed by atoms with Gasteiger partial charge in [0.15, 0.2) is 5.82 Å². The molecule has 1 amide bonds. The van der Waals surface area contributed by atoms with Crippen molar-refractivity contribution in [1.82, 2.24) is 14.1 Å². The van der Waals surface area contributed by atoms with Gasteiger partial charge in [0.05, 0.1) is 27.2 Å². The molecule has 0 saturated heterocycles. The Morgan fingerprint density at radius 3 is 2.45 bits per heavy atom. The van der Waals surface area contributed by atoms with Crippen molar-refractivity contribution < 1.29 is 13.2 Å². The first-order chi connectivity index (χ1) is 14.7. The molecule has 0 N–H and O–H groups in total. The highest BCUT2D eigenvalue weighted by Gasteiger charge is 2.42. The summed E-state index contributed by atoms with van der Waals surface area (Å²) in [6.45, 7) is 1.70. The van der Waals surface area contributed by atoms with Crippen LogP contribution in [-0.4, -0.2) is 41.2 Å². The summed E-state index contributed by atoms with van der Waals surface area (Å²) in [5.74, 6) is -0.971. The predicted molar refractivity (Wildman–Crippen MR) is 119 cm³/mol. The number of carbonyl (C=O) groups is 1. The van der Waals surface area contributed by atoms with Gasteiger partial charge in [0, 0.05) is 18.8 Å². The van der Waals surface area contributed by atoms with Crippen molar-refractivity contribution in [2.45, 2.75) is 17.9 Å². The Bertz CT molecular complexity index is 1290. The second-order valence-electron chi connectivity index (χ2n) is 7.11. The summed E-state index contributed by atoms with van der Waals surface area (Å²) in [6, 6.07) is 13.9. The Labute approximate surface area is 190 Å². The summed E-state index contributed by atoms with van der Waals surface area (Å²) in [5.41, 5.74) is 1.14. The van der Waals surface area contributed by atoms with Gasteiger partial charge in [0.25, 0.3) is 10.0 Å². The fourth-order valence-electron chi connectivity index (χ4n) is 3.64. The van der Waals surface area contributed by atoms with E-state index in [0.29, 0.717) is 27.1 Å². The lowest BCUT2D eigenvalue weighted by atomic mass is 9.87. The molecule has 7 nitrogen and oxygen atoms in total. The maximum atomic E-state index is 13.6. The van der Waals surface area contributed by atoms with Crippen molar-refractivity contribution in [3.8, 4) is 0 Å². The van der Waals surface area contributed by atoms with E-state index in [-0.39, 0.29) is 4.90 Å². The summed E-state index contributed by atoms with van der Waals surface area (Å²) < 4.78 is 28.5. The number of hydrogen-bond acceptors (Lipinski definition) is 5. The normalized spacial score (nSPS) is 18.3. The standard InChI is InChI=1S/C21H18Cl2N4O3S/c1-13-19(21(28)26(2)31(29,30)15-6-4-3-5-7-15)20(27-18(25-13)10-11-24-27)14-8-9-16(22)17(23)12-14/h3-12,19-20H,1-2H3. The van der Waals surface area contributed by atoms with Gasteiger partial charge in [0.1, 0.15) is 5.92 Å². The number of amides is 1. The molecule has 2 heterocycles. The number of fused-ring (bicyclic) bond motifs is 1. The first kappa shape index (κ1) is 21.5. The van der Waals surface area contributed by atoms with Gasteiger partial charge in [-0.1, -0.05) is 47.5 Å². The van der Waals surface area contributed by atoms with Gasteiger partial charge in [-0.2, -0.15) is 5.10 Å². The van der Waals surface area contributed by atoms with Crippen LogP contribution in [0.4, 0.5) is 5.82 Å². The molecule has 4 rings (SSSR count). The highest BCUT2D eigenvalue weighted by molar-refractivity contribution is 7.89. The van der Waals surface area contributed by atoms with E-state index < -0.39 is 27.9 Å². The van der Waals surface area contributed by atoms with Crippen LogP contribution in [0.5, 0.6) is 0 Å². The van der Waals surface area contributed by atoms with Gasteiger partial charge in [-0.15, -0.1) is 0 Å². The summed E-state index contributed by atoms with van der Waals surface area (Å²) in [4.78, 5) is 18.1. The number of sulfonamides is 1. The van der Waals surface area contributed by atoms with E-state index in [4.69, 9.17) is 23.2 Å². The summed E-state index contributed by atoms with van der Waals surface area (Å²) in [6.07, 6.45) is 1.58. The van der Waals surface area contributed by atoms with Gasteiger partial charge in [-0.05, 0) is 36.8 Å². The summed E-state index contributed by atoms with van der Waals surface area (Å²) >= 11 is 12.3. The molecular weight excluding hydrogens is 459 g/mol. The number of aromatic nitrogens is 2. The number of benzene rings is 2. The number of carbonyl (C=O) groups excluding carboxylic acids is 1. The maximum Gasteiger partial charge on any atom is 0.266 e. The molecule has 2 aromatic carbocycles. The van der Waals surface area contributed by atoms with Crippen LogP contribution in [0.3, 0.4) is 0 Å². The number of aliphatic imine (C=N–C) groups is 1. The Hall–Kier alpha value is -2.68. The van der Waals surface area contributed by atoms with Crippen LogP contribution in [0, 0.1) is 5.92 Å². The molecule has 160 valence electrons. The van der Waals surface area contributed by atoms with E-state index in [0.717, 1.165) is 4.31 Å². The minimum Gasteiger partial charge on any atom is -0.273 e. The second kappa shape index (κ2) is 8.11. The molecule has 10 heteroatoms. The van der Waals surface area contributed by atoms with Gasteiger partial charge < -0.3 is 0 Å². The predicted octanol–water partition coefficient (Wildman–Crippen LogP) is 4.35. The topological polar surface area (TPSA) is 84.6 Å². The van der Waals surface area contributed by atoms with Gasteiger partial charge in [0.2, 0.25) is 5.91 Å². The molecule has 0 spiro atoms. The first-order valence-electron chi connectivity index (χ1n) is 9.33. The third kappa shape index (κ3) is 3.75. The fourth-order valence-corrected chi connectivity index (χ4v) is 5.11. The molecule has 31 heavy (non-hydrogen) atoms.